The minimum absolute atomic E-state index is 0.0296. The number of aromatic carboxylic acids is 1. The summed E-state index contributed by atoms with van der Waals surface area (Å²) in [4.78, 5) is 22.3. The van der Waals surface area contributed by atoms with Gasteiger partial charge in [0.15, 0.2) is 0 Å². The van der Waals surface area contributed by atoms with E-state index in [0.717, 1.165) is 0 Å². The first-order chi connectivity index (χ1) is 8.04. The van der Waals surface area contributed by atoms with Gasteiger partial charge in [-0.2, -0.15) is 0 Å². The number of halogens is 1. The predicted octanol–water partition coefficient (Wildman–Crippen LogP) is 2.45. The van der Waals surface area contributed by atoms with Crippen LogP contribution in [0.3, 0.4) is 0 Å². The van der Waals surface area contributed by atoms with Gasteiger partial charge in [-0.3, -0.25) is 0 Å². The Hall–Kier alpha value is -1.82. The normalized spacial score (nSPS) is 9.47. The number of hydrogen-bond acceptors (Lipinski definition) is 2. The number of carboxylic acids is 1. The first-order valence-electron chi connectivity index (χ1n) is 4.73. The minimum atomic E-state index is -1.10. The van der Waals surface area contributed by atoms with Gasteiger partial charge in [-0.05, 0) is 18.2 Å². The summed E-state index contributed by atoms with van der Waals surface area (Å²) in [5, 5.41) is 13.9. The third-order valence-corrected chi connectivity index (χ3v) is 2.36. The molecule has 0 fully saturated rings. The van der Waals surface area contributed by atoms with Gasteiger partial charge < -0.3 is 15.7 Å². The topological polar surface area (TPSA) is 78.4 Å². The number of carboxylic acid groups (broad SMARTS) is 1. The van der Waals surface area contributed by atoms with Crippen LogP contribution in [0.1, 0.15) is 10.4 Å². The molecule has 0 atom stereocenters. The van der Waals surface area contributed by atoms with Crippen LogP contribution in [-0.4, -0.2) is 23.7 Å². The second kappa shape index (κ2) is 6.05. The van der Waals surface area contributed by atoms with Crippen LogP contribution >= 0.6 is 15.9 Å². The van der Waals surface area contributed by atoms with E-state index < -0.39 is 12.0 Å². The highest BCUT2D eigenvalue weighted by Gasteiger charge is 2.12. The van der Waals surface area contributed by atoms with Crippen LogP contribution in [0.15, 0.2) is 35.3 Å². The summed E-state index contributed by atoms with van der Waals surface area (Å²) in [6, 6.07) is 4.05. The Morgan fingerprint density at radius 1 is 1.47 bits per heavy atom. The van der Waals surface area contributed by atoms with Crippen LogP contribution in [0, 0.1) is 0 Å². The zero-order valence-electron chi connectivity index (χ0n) is 8.87. The van der Waals surface area contributed by atoms with Gasteiger partial charge in [0.1, 0.15) is 0 Å². The van der Waals surface area contributed by atoms with E-state index in [2.05, 4.69) is 33.1 Å². The first-order valence-corrected chi connectivity index (χ1v) is 5.52. The number of benzene rings is 1. The molecule has 0 spiro atoms. The summed E-state index contributed by atoms with van der Waals surface area (Å²) in [5.41, 5.74) is 0.260. The summed E-state index contributed by atoms with van der Waals surface area (Å²) < 4.78 is 0.682. The van der Waals surface area contributed by atoms with Crippen LogP contribution in [0.4, 0.5) is 10.5 Å². The third kappa shape index (κ3) is 3.92. The molecule has 1 aromatic rings. The number of hydrogen-bond donors (Lipinski definition) is 3. The van der Waals surface area contributed by atoms with Crippen LogP contribution in [0.25, 0.3) is 0 Å². The lowest BCUT2D eigenvalue weighted by Gasteiger charge is -2.09. The second-order valence-corrected chi connectivity index (χ2v) is 4.03. The molecule has 1 rings (SSSR count). The maximum absolute atomic E-state index is 11.4. The Bertz CT molecular complexity index is 460. The van der Waals surface area contributed by atoms with E-state index in [9.17, 15) is 9.59 Å². The van der Waals surface area contributed by atoms with Crippen molar-refractivity contribution >= 4 is 33.6 Å². The number of carbonyl (C=O) groups is 2. The Morgan fingerprint density at radius 2 is 2.18 bits per heavy atom. The molecular weight excluding hydrogens is 288 g/mol. The van der Waals surface area contributed by atoms with Crippen LogP contribution < -0.4 is 10.6 Å². The standard InChI is InChI=1S/C11H11BrN2O3/c1-2-5-13-11(17)14-9-6-7(12)3-4-8(9)10(15)16/h2-4,6H,1,5H2,(H,15,16)(H2,13,14,17). The van der Waals surface area contributed by atoms with Crippen molar-refractivity contribution in [1.29, 1.82) is 0 Å². The fraction of sp³-hybridized carbons (Fsp3) is 0.0909. The van der Waals surface area contributed by atoms with E-state index in [1.54, 1.807) is 6.07 Å². The molecule has 0 radical (unpaired) electrons. The number of urea groups is 1. The van der Waals surface area contributed by atoms with E-state index >= 15 is 0 Å². The molecule has 0 aromatic heterocycles. The van der Waals surface area contributed by atoms with Crippen molar-refractivity contribution in [3.8, 4) is 0 Å². The van der Waals surface area contributed by atoms with Crippen LogP contribution in [0.2, 0.25) is 0 Å². The van der Waals surface area contributed by atoms with Crippen LogP contribution in [-0.2, 0) is 0 Å². The summed E-state index contributed by atoms with van der Waals surface area (Å²) in [5.74, 6) is -1.10. The highest BCUT2D eigenvalue weighted by atomic mass is 79.9. The molecule has 0 aliphatic carbocycles. The van der Waals surface area contributed by atoms with Gasteiger partial charge >= 0.3 is 12.0 Å². The smallest absolute Gasteiger partial charge is 0.337 e. The summed E-state index contributed by atoms with van der Waals surface area (Å²) in [7, 11) is 0. The summed E-state index contributed by atoms with van der Waals surface area (Å²) >= 11 is 3.21. The molecule has 0 bridgehead atoms. The summed E-state index contributed by atoms with van der Waals surface area (Å²) in [6.45, 7) is 3.76. The molecule has 17 heavy (non-hydrogen) atoms. The maximum Gasteiger partial charge on any atom is 0.337 e. The van der Waals surface area contributed by atoms with Crippen molar-refractivity contribution in [1.82, 2.24) is 5.32 Å². The van der Waals surface area contributed by atoms with E-state index in [0.29, 0.717) is 11.0 Å². The van der Waals surface area contributed by atoms with Crippen molar-refractivity contribution in [2.24, 2.45) is 0 Å². The Labute approximate surface area is 107 Å². The number of rotatable bonds is 4. The molecule has 3 N–H and O–H groups in total. The molecule has 0 saturated heterocycles. The Balaban J connectivity index is 2.88. The van der Waals surface area contributed by atoms with E-state index in [-0.39, 0.29) is 11.3 Å². The molecule has 0 aliphatic rings. The Morgan fingerprint density at radius 3 is 2.76 bits per heavy atom. The third-order valence-electron chi connectivity index (χ3n) is 1.87. The fourth-order valence-electron chi connectivity index (χ4n) is 1.14. The molecule has 0 heterocycles. The number of nitrogens with one attached hydrogen (secondary N) is 2. The zero-order chi connectivity index (χ0) is 12.8. The van der Waals surface area contributed by atoms with Gasteiger partial charge in [-0.15, -0.1) is 6.58 Å². The van der Waals surface area contributed by atoms with Crippen molar-refractivity contribution in [3.63, 3.8) is 0 Å². The average molecular weight is 299 g/mol. The molecule has 2 amide bonds. The van der Waals surface area contributed by atoms with Crippen molar-refractivity contribution in [2.75, 3.05) is 11.9 Å². The molecule has 1 aromatic carbocycles. The molecule has 90 valence electrons. The molecule has 0 saturated carbocycles. The van der Waals surface area contributed by atoms with Gasteiger partial charge in [0.2, 0.25) is 0 Å². The molecular formula is C11H11BrN2O3. The first kappa shape index (κ1) is 13.2. The highest BCUT2D eigenvalue weighted by Crippen LogP contribution is 2.21. The lowest BCUT2D eigenvalue weighted by molar-refractivity contribution is 0.0698. The van der Waals surface area contributed by atoms with Gasteiger partial charge in [-0.1, -0.05) is 22.0 Å². The van der Waals surface area contributed by atoms with Crippen molar-refractivity contribution in [3.05, 3.63) is 40.9 Å². The summed E-state index contributed by atoms with van der Waals surface area (Å²) in [6.07, 6.45) is 1.53. The zero-order valence-corrected chi connectivity index (χ0v) is 10.5. The van der Waals surface area contributed by atoms with Gasteiger partial charge in [0.05, 0.1) is 11.3 Å². The molecule has 5 nitrogen and oxygen atoms in total. The van der Waals surface area contributed by atoms with Gasteiger partial charge in [0.25, 0.3) is 0 Å². The monoisotopic (exact) mass is 298 g/mol. The second-order valence-electron chi connectivity index (χ2n) is 3.12. The number of anilines is 1. The minimum Gasteiger partial charge on any atom is -0.478 e. The van der Waals surface area contributed by atoms with E-state index in [1.165, 1.54) is 18.2 Å². The molecule has 0 unspecified atom stereocenters. The van der Waals surface area contributed by atoms with E-state index in [1.807, 2.05) is 0 Å². The number of carbonyl (C=O) groups excluding carboxylic acids is 1. The largest absolute Gasteiger partial charge is 0.478 e. The van der Waals surface area contributed by atoms with Crippen LogP contribution in [0.5, 0.6) is 0 Å². The van der Waals surface area contributed by atoms with Gasteiger partial charge in [0, 0.05) is 11.0 Å². The molecule has 0 aliphatic heterocycles. The lowest BCUT2D eigenvalue weighted by atomic mass is 10.2. The van der Waals surface area contributed by atoms with Crippen molar-refractivity contribution < 1.29 is 14.7 Å². The maximum atomic E-state index is 11.4. The SMILES string of the molecule is C=CCNC(=O)Nc1cc(Br)ccc1C(=O)O. The quantitative estimate of drug-likeness (QED) is 0.747. The Kier molecular flexibility index (Phi) is 4.71. The van der Waals surface area contributed by atoms with Crippen molar-refractivity contribution in [2.45, 2.75) is 0 Å². The lowest BCUT2D eigenvalue weighted by Crippen LogP contribution is -2.29. The number of amides is 2. The van der Waals surface area contributed by atoms with Gasteiger partial charge in [-0.25, -0.2) is 9.59 Å². The van der Waals surface area contributed by atoms with E-state index in [4.69, 9.17) is 5.11 Å². The fourth-order valence-corrected chi connectivity index (χ4v) is 1.50. The predicted molar refractivity (Wildman–Crippen MR) is 68.3 cm³/mol. The average Bonchev–Trinajstić information content (AvgIpc) is 2.26. The molecule has 6 heteroatoms. The highest BCUT2D eigenvalue weighted by molar-refractivity contribution is 9.10.